The Morgan fingerprint density at radius 1 is 1.50 bits per heavy atom. The molecule has 0 saturated heterocycles. The van der Waals surface area contributed by atoms with Crippen molar-refractivity contribution >= 4 is 40.3 Å². The quantitative estimate of drug-likeness (QED) is 0.426. The van der Waals surface area contributed by atoms with Crippen LogP contribution in [0.4, 0.5) is 13.2 Å². The highest BCUT2D eigenvalue weighted by Gasteiger charge is 2.31. The molecule has 8 heteroatoms. The predicted molar refractivity (Wildman–Crippen MR) is 76.1 cm³/mol. The van der Waals surface area contributed by atoms with Gasteiger partial charge in [-0.1, -0.05) is 0 Å². The van der Waals surface area contributed by atoms with Crippen LogP contribution in [0.3, 0.4) is 0 Å². The van der Waals surface area contributed by atoms with Crippen LogP contribution < -0.4 is 0 Å². The molecule has 1 aromatic carbocycles. The van der Waals surface area contributed by atoms with Crippen LogP contribution in [0.5, 0.6) is 0 Å². The topological polar surface area (TPSA) is 50.1 Å². The number of carbonyl (C=O) groups is 1. The van der Waals surface area contributed by atoms with Crippen molar-refractivity contribution in [1.29, 1.82) is 5.26 Å². The Morgan fingerprint density at radius 3 is 2.65 bits per heavy atom. The van der Waals surface area contributed by atoms with E-state index in [1.165, 1.54) is 12.1 Å². The van der Waals surface area contributed by atoms with E-state index in [1.807, 2.05) is 28.7 Å². The van der Waals surface area contributed by atoms with Crippen LogP contribution in [0.2, 0.25) is 0 Å². The van der Waals surface area contributed by atoms with Crippen molar-refractivity contribution < 1.29 is 22.7 Å². The summed E-state index contributed by atoms with van der Waals surface area (Å²) in [6.45, 7) is 1.73. The lowest BCUT2D eigenvalue weighted by Crippen LogP contribution is -2.11. The van der Waals surface area contributed by atoms with Crippen molar-refractivity contribution in [3.8, 4) is 6.07 Å². The average Bonchev–Trinajstić information content (AvgIpc) is 2.30. The summed E-state index contributed by atoms with van der Waals surface area (Å²) in [5, 5.41) is 9.01. The summed E-state index contributed by atoms with van der Waals surface area (Å²) < 4.78 is 42.8. The molecule has 0 aliphatic heterocycles. The molecule has 0 atom stereocenters. The molecule has 0 N–H and O–H groups in total. The first-order valence-corrected chi connectivity index (χ1v) is 7.30. The molecule has 20 heavy (non-hydrogen) atoms. The van der Waals surface area contributed by atoms with Crippen LogP contribution >= 0.6 is 34.4 Å². The molecule has 3 nitrogen and oxygen atoms in total. The number of nitrogens with zero attached hydrogens (tertiary/aromatic N) is 1. The first kappa shape index (κ1) is 17.1. The minimum Gasteiger partial charge on any atom is -0.466 e. The standard InChI is InChI=1S/C12H9F3INO2S/c1-2-19-11(18)5-9-7(6-17)3-8(16)4-10(9)20-12(13,14)15/h3-4H,2,5H2,1H3. The van der Waals surface area contributed by atoms with E-state index in [2.05, 4.69) is 0 Å². The molecule has 0 aliphatic rings. The third kappa shape index (κ3) is 5.20. The lowest BCUT2D eigenvalue weighted by Gasteiger charge is -2.13. The Hall–Kier alpha value is -0.950. The number of hydrogen-bond acceptors (Lipinski definition) is 4. The SMILES string of the molecule is CCOC(=O)Cc1c(C#N)cc(I)cc1SC(F)(F)F. The second-order valence-corrected chi connectivity index (χ2v) is 5.92. The van der Waals surface area contributed by atoms with Gasteiger partial charge in [0.1, 0.15) is 0 Å². The van der Waals surface area contributed by atoms with Gasteiger partial charge >= 0.3 is 11.5 Å². The maximum Gasteiger partial charge on any atom is 0.446 e. The van der Waals surface area contributed by atoms with Gasteiger partial charge in [0.2, 0.25) is 0 Å². The van der Waals surface area contributed by atoms with E-state index in [9.17, 15) is 18.0 Å². The van der Waals surface area contributed by atoms with Gasteiger partial charge in [0, 0.05) is 8.47 Å². The van der Waals surface area contributed by atoms with Crippen LogP contribution in [0, 0.1) is 14.9 Å². The number of benzene rings is 1. The molecule has 1 rings (SSSR count). The van der Waals surface area contributed by atoms with Gasteiger partial charge in [0.05, 0.1) is 24.7 Å². The van der Waals surface area contributed by atoms with Gasteiger partial charge < -0.3 is 4.74 Å². The molecule has 0 saturated carbocycles. The van der Waals surface area contributed by atoms with Gasteiger partial charge in [-0.2, -0.15) is 18.4 Å². The zero-order valence-corrected chi connectivity index (χ0v) is 13.2. The Morgan fingerprint density at radius 2 is 2.15 bits per heavy atom. The molecule has 0 radical (unpaired) electrons. The second-order valence-electron chi connectivity index (χ2n) is 3.57. The molecule has 0 amide bonds. The van der Waals surface area contributed by atoms with Crippen molar-refractivity contribution in [1.82, 2.24) is 0 Å². The normalized spacial score (nSPS) is 11.0. The van der Waals surface area contributed by atoms with Crippen LogP contribution in [-0.2, 0) is 16.0 Å². The van der Waals surface area contributed by atoms with E-state index in [0.717, 1.165) is 0 Å². The van der Waals surface area contributed by atoms with Gasteiger partial charge in [0.15, 0.2) is 0 Å². The highest BCUT2D eigenvalue weighted by atomic mass is 127. The Kier molecular flexibility index (Phi) is 6.13. The molecule has 1 aromatic rings. The molecule has 0 bridgehead atoms. The molecule has 0 unspecified atom stereocenters. The fourth-order valence-electron chi connectivity index (χ4n) is 1.47. The predicted octanol–water partition coefficient (Wildman–Crippen LogP) is 3.88. The number of rotatable bonds is 4. The van der Waals surface area contributed by atoms with Crippen LogP contribution in [0.15, 0.2) is 17.0 Å². The van der Waals surface area contributed by atoms with E-state index in [4.69, 9.17) is 10.00 Å². The van der Waals surface area contributed by atoms with Gasteiger partial charge in [-0.15, -0.1) is 0 Å². The number of carbonyl (C=O) groups excluding carboxylic acids is 1. The summed E-state index contributed by atoms with van der Waals surface area (Å²) in [5.41, 5.74) is -4.38. The van der Waals surface area contributed by atoms with E-state index < -0.39 is 11.5 Å². The van der Waals surface area contributed by atoms with Crippen LogP contribution in [-0.4, -0.2) is 18.1 Å². The van der Waals surface area contributed by atoms with Gasteiger partial charge in [-0.05, 0) is 59.0 Å². The summed E-state index contributed by atoms with van der Waals surface area (Å²) in [5.74, 6) is -0.658. The molecule has 0 spiro atoms. The van der Waals surface area contributed by atoms with E-state index >= 15 is 0 Å². The fraction of sp³-hybridized carbons (Fsp3) is 0.333. The van der Waals surface area contributed by atoms with Crippen molar-refractivity contribution in [2.24, 2.45) is 0 Å². The molecule has 0 aromatic heterocycles. The first-order valence-electron chi connectivity index (χ1n) is 5.40. The van der Waals surface area contributed by atoms with Gasteiger partial charge in [-0.3, -0.25) is 4.79 Å². The Bertz CT molecular complexity index is 555. The number of ether oxygens (including phenoxy) is 1. The zero-order valence-electron chi connectivity index (χ0n) is 10.3. The maximum absolute atomic E-state index is 12.5. The zero-order chi connectivity index (χ0) is 15.3. The van der Waals surface area contributed by atoms with Gasteiger partial charge in [0.25, 0.3) is 0 Å². The fourth-order valence-corrected chi connectivity index (χ4v) is 3.04. The molecular weight excluding hydrogens is 406 g/mol. The summed E-state index contributed by atoms with van der Waals surface area (Å²) in [6.07, 6.45) is -0.355. The molecule has 0 heterocycles. The summed E-state index contributed by atoms with van der Waals surface area (Å²) in [4.78, 5) is 11.3. The van der Waals surface area contributed by atoms with Crippen molar-refractivity contribution in [2.75, 3.05) is 6.61 Å². The van der Waals surface area contributed by atoms with E-state index in [1.54, 1.807) is 6.92 Å². The first-order chi connectivity index (χ1) is 9.26. The molecule has 0 fully saturated rings. The van der Waals surface area contributed by atoms with Crippen molar-refractivity contribution in [3.05, 3.63) is 26.8 Å². The summed E-state index contributed by atoms with van der Waals surface area (Å²) in [7, 11) is 0. The van der Waals surface area contributed by atoms with Crippen LogP contribution in [0.25, 0.3) is 0 Å². The maximum atomic E-state index is 12.5. The smallest absolute Gasteiger partial charge is 0.446 e. The third-order valence-electron chi connectivity index (χ3n) is 2.15. The monoisotopic (exact) mass is 415 g/mol. The summed E-state index contributed by atoms with van der Waals surface area (Å²) >= 11 is 1.49. The minimum atomic E-state index is -4.49. The average molecular weight is 415 g/mol. The van der Waals surface area contributed by atoms with E-state index in [-0.39, 0.29) is 40.8 Å². The summed E-state index contributed by atoms with van der Waals surface area (Å²) in [6, 6.07) is 4.56. The number of halogens is 4. The molecule has 108 valence electrons. The molecular formula is C12H9F3INO2S. The lowest BCUT2D eigenvalue weighted by molar-refractivity contribution is -0.142. The lowest BCUT2D eigenvalue weighted by atomic mass is 10.1. The number of thioether (sulfide) groups is 1. The number of alkyl halides is 3. The van der Waals surface area contributed by atoms with Crippen LogP contribution in [0.1, 0.15) is 18.1 Å². The number of nitriles is 1. The number of hydrogen-bond donors (Lipinski definition) is 0. The van der Waals surface area contributed by atoms with Crippen molar-refractivity contribution in [3.63, 3.8) is 0 Å². The molecule has 0 aliphatic carbocycles. The van der Waals surface area contributed by atoms with E-state index in [0.29, 0.717) is 3.57 Å². The Labute approximate surface area is 131 Å². The highest BCUT2D eigenvalue weighted by molar-refractivity contribution is 14.1. The second kappa shape index (κ2) is 7.17. The number of esters is 1. The largest absolute Gasteiger partial charge is 0.466 e. The highest BCUT2D eigenvalue weighted by Crippen LogP contribution is 2.40. The minimum absolute atomic E-state index is 0.0497. The third-order valence-corrected chi connectivity index (χ3v) is 3.58. The van der Waals surface area contributed by atoms with Crippen molar-refractivity contribution in [2.45, 2.75) is 23.7 Å². The Balaban J connectivity index is 3.23. The van der Waals surface area contributed by atoms with Gasteiger partial charge in [-0.25, -0.2) is 0 Å².